The number of nitrogens with zero attached hydrogens (tertiary/aromatic N) is 1. The first-order valence-electron chi connectivity index (χ1n) is 7.50. The van der Waals surface area contributed by atoms with Crippen LogP contribution in [0.2, 0.25) is 0 Å². The standard InChI is InChI=1S/C16H21N3O4/c1-9(2)8-22-16(21)19-18-15-17-13-7-11(10(3)4)5-6-12(13)14(20)23-15/h5-7,9-10H,8H2,1-4H3,(H,17,18)(H,19,21). The predicted octanol–water partition coefficient (Wildman–Crippen LogP) is 3.02. The average molecular weight is 319 g/mol. The normalized spacial score (nSPS) is 11.0. The van der Waals surface area contributed by atoms with Gasteiger partial charge in [0.15, 0.2) is 0 Å². The summed E-state index contributed by atoms with van der Waals surface area (Å²) in [5, 5.41) is 0.391. The molecule has 23 heavy (non-hydrogen) atoms. The molecule has 0 aliphatic rings. The number of hydrazine groups is 1. The number of amides is 1. The van der Waals surface area contributed by atoms with Gasteiger partial charge in [-0.2, -0.15) is 4.98 Å². The summed E-state index contributed by atoms with van der Waals surface area (Å²) in [5.41, 5.74) is 5.77. The molecule has 0 bridgehead atoms. The van der Waals surface area contributed by atoms with Crippen LogP contribution in [0, 0.1) is 5.92 Å². The van der Waals surface area contributed by atoms with Gasteiger partial charge < -0.3 is 9.15 Å². The van der Waals surface area contributed by atoms with Crippen molar-refractivity contribution in [3.05, 3.63) is 34.2 Å². The third-order valence-electron chi connectivity index (χ3n) is 3.14. The molecule has 1 amide bonds. The number of anilines is 1. The summed E-state index contributed by atoms with van der Waals surface area (Å²) < 4.78 is 9.95. The van der Waals surface area contributed by atoms with Gasteiger partial charge >= 0.3 is 17.7 Å². The molecule has 7 nitrogen and oxygen atoms in total. The average Bonchev–Trinajstić information content (AvgIpc) is 2.50. The molecule has 1 heterocycles. The second-order valence-corrected chi connectivity index (χ2v) is 5.98. The summed E-state index contributed by atoms with van der Waals surface area (Å²) in [7, 11) is 0. The number of fused-ring (bicyclic) bond motifs is 1. The SMILES string of the molecule is CC(C)COC(=O)NNc1nc2cc(C(C)C)ccc2c(=O)o1. The Morgan fingerprint density at radius 2 is 2.04 bits per heavy atom. The number of nitrogens with one attached hydrogen (secondary N) is 2. The molecule has 0 aliphatic carbocycles. The fraction of sp³-hybridized carbons (Fsp3) is 0.438. The number of benzene rings is 1. The first-order chi connectivity index (χ1) is 10.9. The van der Waals surface area contributed by atoms with Crippen LogP contribution in [0.1, 0.15) is 39.2 Å². The molecule has 0 saturated carbocycles. The third-order valence-corrected chi connectivity index (χ3v) is 3.14. The molecule has 2 N–H and O–H groups in total. The summed E-state index contributed by atoms with van der Waals surface area (Å²) >= 11 is 0. The predicted molar refractivity (Wildman–Crippen MR) is 87.3 cm³/mol. The Labute approximate surface area is 134 Å². The first kappa shape index (κ1) is 16.8. The van der Waals surface area contributed by atoms with E-state index in [0.29, 0.717) is 23.4 Å². The van der Waals surface area contributed by atoms with Crippen molar-refractivity contribution in [3.63, 3.8) is 0 Å². The highest BCUT2D eigenvalue weighted by atomic mass is 16.6. The summed E-state index contributed by atoms with van der Waals surface area (Å²) in [6, 6.07) is 5.31. The van der Waals surface area contributed by atoms with Gasteiger partial charge in [0.05, 0.1) is 17.5 Å². The molecule has 0 radical (unpaired) electrons. The van der Waals surface area contributed by atoms with Gasteiger partial charge in [0.2, 0.25) is 0 Å². The van der Waals surface area contributed by atoms with E-state index in [1.54, 1.807) is 6.07 Å². The summed E-state index contributed by atoms with van der Waals surface area (Å²) in [4.78, 5) is 27.6. The maximum absolute atomic E-state index is 11.9. The molecule has 0 spiro atoms. The Morgan fingerprint density at radius 3 is 2.70 bits per heavy atom. The van der Waals surface area contributed by atoms with Crippen molar-refractivity contribution in [3.8, 4) is 0 Å². The molecule has 2 aromatic rings. The number of hydrogen-bond donors (Lipinski definition) is 2. The minimum Gasteiger partial charge on any atom is -0.448 e. The van der Waals surface area contributed by atoms with Crippen LogP contribution in [0.15, 0.2) is 27.4 Å². The zero-order valence-corrected chi connectivity index (χ0v) is 13.7. The molecule has 0 aliphatic heterocycles. The smallest absolute Gasteiger partial charge is 0.426 e. The van der Waals surface area contributed by atoms with Crippen LogP contribution >= 0.6 is 0 Å². The van der Waals surface area contributed by atoms with Gasteiger partial charge in [-0.05, 0) is 29.5 Å². The van der Waals surface area contributed by atoms with E-state index >= 15 is 0 Å². The van der Waals surface area contributed by atoms with Crippen LogP contribution in [0.4, 0.5) is 10.8 Å². The number of ether oxygens (including phenoxy) is 1. The van der Waals surface area contributed by atoms with Gasteiger partial charge in [-0.1, -0.05) is 33.8 Å². The van der Waals surface area contributed by atoms with Gasteiger partial charge in [-0.3, -0.25) is 0 Å². The maximum atomic E-state index is 11.9. The van der Waals surface area contributed by atoms with Crippen LogP contribution < -0.4 is 16.5 Å². The van der Waals surface area contributed by atoms with Crippen molar-refractivity contribution in [1.82, 2.24) is 10.4 Å². The lowest BCUT2D eigenvalue weighted by atomic mass is 10.0. The topological polar surface area (TPSA) is 93.5 Å². The maximum Gasteiger partial charge on any atom is 0.426 e. The molecular weight excluding hydrogens is 298 g/mol. The Balaban J connectivity index is 2.15. The van der Waals surface area contributed by atoms with E-state index < -0.39 is 11.7 Å². The molecule has 7 heteroatoms. The van der Waals surface area contributed by atoms with Crippen LogP contribution in [0.3, 0.4) is 0 Å². The van der Waals surface area contributed by atoms with Crippen molar-refractivity contribution in [1.29, 1.82) is 0 Å². The molecule has 1 aromatic heterocycles. The largest absolute Gasteiger partial charge is 0.448 e. The fourth-order valence-electron chi connectivity index (χ4n) is 1.88. The number of rotatable bonds is 5. The van der Waals surface area contributed by atoms with Crippen LogP contribution in [0.5, 0.6) is 0 Å². The zero-order valence-electron chi connectivity index (χ0n) is 13.7. The Hall–Kier alpha value is -2.57. The molecule has 1 aromatic carbocycles. The summed E-state index contributed by atoms with van der Waals surface area (Å²) in [5.74, 6) is 0.543. The molecule has 0 fully saturated rings. The van der Waals surface area contributed by atoms with Crippen LogP contribution in [0.25, 0.3) is 10.9 Å². The van der Waals surface area contributed by atoms with Gasteiger partial charge in [0.1, 0.15) is 0 Å². The Bertz CT molecular complexity index is 753. The minimum atomic E-state index is -0.667. The van der Waals surface area contributed by atoms with E-state index in [-0.39, 0.29) is 11.9 Å². The molecular formula is C16H21N3O4. The van der Waals surface area contributed by atoms with E-state index in [9.17, 15) is 9.59 Å². The Kier molecular flexibility index (Phi) is 5.20. The van der Waals surface area contributed by atoms with E-state index in [1.165, 1.54) is 0 Å². The third kappa shape index (κ3) is 4.45. The van der Waals surface area contributed by atoms with Crippen LogP contribution in [-0.4, -0.2) is 17.7 Å². The van der Waals surface area contributed by atoms with Gasteiger partial charge in [-0.15, -0.1) is 0 Å². The van der Waals surface area contributed by atoms with Crippen molar-refractivity contribution in [2.24, 2.45) is 5.92 Å². The summed E-state index contributed by atoms with van der Waals surface area (Å²) in [6.45, 7) is 8.25. The lowest BCUT2D eigenvalue weighted by Gasteiger charge is -2.10. The number of hydrogen-bond acceptors (Lipinski definition) is 6. The second-order valence-electron chi connectivity index (χ2n) is 5.98. The molecule has 0 saturated heterocycles. The highest BCUT2D eigenvalue weighted by molar-refractivity contribution is 5.79. The summed E-state index contributed by atoms with van der Waals surface area (Å²) in [6.07, 6.45) is -0.667. The first-order valence-corrected chi connectivity index (χ1v) is 7.50. The second kappa shape index (κ2) is 7.13. The number of carbonyl (C=O) groups is 1. The van der Waals surface area contributed by atoms with Crippen LogP contribution in [-0.2, 0) is 4.74 Å². The van der Waals surface area contributed by atoms with Gasteiger partial charge in [-0.25, -0.2) is 20.4 Å². The highest BCUT2D eigenvalue weighted by Crippen LogP contribution is 2.19. The van der Waals surface area contributed by atoms with E-state index in [0.717, 1.165) is 5.56 Å². The van der Waals surface area contributed by atoms with E-state index in [1.807, 2.05) is 26.0 Å². The van der Waals surface area contributed by atoms with Gasteiger partial charge in [0.25, 0.3) is 0 Å². The molecule has 2 rings (SSSR count). The van der Waals surface area contributed by atoms with Crippen molar-refractivity contribution < 1.29 is 13.9 Å². The Morgan fingerprint density at radius 1 is 1.30 bits per heavy atom. The zero-order chi connectivity index (χ0) is 17.0. The molecule has 0 atom stereocenters. The highest BCUT2D eigenvalue weighted by Gasteiger charge is 2.10. The minimum absolute atomic E-state index is 0.0927. The fourth-order valence-corrected chi connectivity index (χ4v) is 1.88. The molecule has 0 unspecified atom stereocenters. The van der Waals surface area contributed by atoms with Crippen molar-refractivity contribution in [2.75, 3.05) is 12.0 Å². The number of carbonyl (C=O) groups excluding carboxylic acids is 1. The van der Waals surface area contributed by atoms with E-state index in [2.05, 4.69) is 29.7 Å². The van der Waals surface area contributed by atoms with E-state index in [4.69, 9.17) is 9.15 Å². The molecule has 124 valence electrons. The van der Waals surface area contributed by atoms with Crippen molar-refractivity contribution >= 4 is 23.0 Å². The monoisotopic (exact) mass is 319 g/mol. The van der Waals surface area contributed by atoms with Crippen molar-refractivity contribution in [2.45, 2.75) is 33.6 Å². The quantitative estimate of drug-likeness (QED) is 0.823. The number of aromatic nitrogens is 1. The lowest BCUT2D eigenvalue weighted by molar-refractivity contribution is 0.134. The van der Waals surface area contributed by atoms with Gasteiger partial charge in [0, 0.05) is 0 Å². The lowest BCUT2D eigenvalue weighted by Crippen LogP contribution is -2.31.